The van der Waals surface area contributed by atoms with Crippen molar-refractivity contribution in [2.45, 2.75) is 39.0 Å². The predicted molar refractivity (Wildman–Crippen MR) is 115 cm³/mol. The van der Waals surface area contributed by atoms with E-state index >= 15 is 0 Å². The van der Waals surface area contributed by atoms with E-state index in [0.717, 1.165) is 37.0 Å². The Bertz CT molecular complexity index is 1190. The Balaban J connectivity index is 1.62. The molecule has 0 N–H and O–H groups in total. The third-order valence-corrected chi connectivity index (χ3v) is 5.89. The van der Waals surface area contributed by atoms with Crippen molar-refractivity contribution < 1.29 is 4.74 Å². The molecule has 150 valence electrons. The van der Waals surface area contributed by atoms with Gasteiger partial charge in [0.2, 0.25) is 4.96 Å². The van der Waals surface area contributed by atoms with Gasteiger partial charge in [-0.1, -0.05) is 48.6 Å². The second-order valence-electron chi connectivity index (χ2n) is 7.21. The lowest BCUT2D eigenvalue weighted by atomic mass is 9.94. The van der Waals surface area contributed by atoms with Gasteiger partial charge in [0.05, 0.1) is 11.1 Å². The van der Waals surface area contributed by atoms with Gasteiger partial charge in [0, 0.05) is 6.42 Å². The van der Waals surface area contributed by atoms with Crippen LogP contribution in [0.5, 0.6) is 5.75 Å². The summed E-state index contributed by atoms with van der Waals surface area (Å²) in [5, 5.41) is 4.33. The van der Waals surface area contributed by atoms with Crippen molar-refractivity contribution in [2.24, 2.45) is 5.92 Å². The molecule has 6 nitrogen and oxygen atoms in total. The van der Waals surface area contributed by atoms with Gasteiger partial charge in [-0.2, -0.15) is 14.6 Å². The molecule has 1 unspecified atom stereocenters. The molecule has 1 aromatic carbocycles. The molecule has 4 rings (SSSR count). The quantitative estimate of drug-likeness (QED) is 0.586. The van der Waals surface area contributed by atoms with Crippen molar-refractivity contribution in [3.63, 3.8) is 0 Å². The van der Waals surface area contributed by atoms with E-state index in [2.05, 4.69) is 29.2 Å². The van der Waals surface area contributed by atoms with Gasteiger partial charge in [0.25, 0.3) is 11.1 Å². The van der Waals surface area contributed by atoms with Crippen LogP contribution in [0.25, 0.3) is 11.0 Å². The Morgan fingerprint density at radius 1 is 1.24 bits per heavy atom. The molecule has 0 saturated carbocycles. The van der Waals surface area contributed by atoms with Crippen LogP contribution in [-0.2, 0) is 6.42 Å². The fourth-order valence-corrected chi connectivity index (χ4v) is 4.33. The molecule has 0 amide bonds. The number of hydrogen-bond donors (Lipinski definition) is 0. The molecule has 1 aliphatic rings. The van der Waals surface area contributed by atoms with E-state index in [0.29, 0.717) is 28.4 Å². The number of aromatic nitrogens is 3. The summed E-state index contributed by atoms with van der Waals surface area (Å²) in [7, 11) is 0. The van der Waals surface area contributed by atoms with E-state index in [9.17, 15) is 9.59 Å². The third-order valence-electron chi connectivity index (χ3n) is 4.91. The van der Waals surface area contributed by atoms with Gasteiger partial charge in [-0.3, -0.25) is 9.59 Å². The molecule has 0 saturated heterocycles. The van der Waals surface area contributed by atoms with Crippen LogP contribution in [0.2, 0.25) is 0 Å². The summed E-state index contributed by atoms with van der Waals surface area (Å²) in [6.07, 6.45) is 10.6. The zero-order valence-corrected chi connectivity index (χ0v) is 17.2. The standard InChI is InChI=1S/C22H23N3O3S/c1-2-12-28-17-10-8-16(9-11-17)13-18-20(26)23-22-25(24-18)21(27)19(29-22)14-15-6-4-3-5-7-15/h3-4,8-11,14-15H,2,5-7,12-13H2,1H3. The molecule has 2 aromatic heterocycles. The molecule has 1 aliphatic carbocycles. The first-order valence-corrected chi connectivity index (χ1v) is 10.8. The average Bonchev–Trinajstić information content (AvgIpc) is 3.03. The largest absolute Gasteiger partial charge is 0.494 e. The van der Waals surface area contributed by atoms with Gasteiger partial charge in [-0.05, 0) is 49.3 Å². The Labute approximate surface area is 172 Å². The number of fused-ring (bicyclic) bond motifs is 1. The maximum atomic E-state index is 12.8. The Morgan fingerprint density at radius 3 is 2.79 bits per heavy atom. The first-order valence-electron chi connectivity index (χ1n) is 9.95. The van der Waals surface area contributed by atoms with Crippen molar-refractivity contribution in [3.05, 3.63) is 72.9 Å². The normalized spacial score (nSPS) is 17.1. The molecule has 2 heterocycles. The van der Waals surface area contributed by atoms with Gasteiger partial charge in [-0.25, -0.2) is 0 Å². The second kappa shape index (κ2) is 8.69. The van der Waals surface area contributed by atoms with E-state index in [1.54, 1.807) is 0 Å². The number of hydrogen-bond acceptors (Lipinski definition) is 6. The molecule has 0 bridgehead atoms. The summed E-state index contributed by atoms with van der Waals surface area (Å²) in [6, 6.07) is 7.57. The number of rotatable bonds is 6. The fourth-order valence-electron chi connectivity index (χ4n) is 3.37. The Hall–Kier alpha value is -2.80. The summed E-state index contributed by atoms with van der Waals surface area (Å²) in [4.78, 5) is 29.7. The van der Waals surface area contributed by atoms with E-state index < -0.39 is 0 Å². The van der Waals surface area contributed by atoms with Crippen molar-refractivity contribution in [3.8, 4) is 5.75 Å². The van der Waals surface area contributed by atoms with E-state index in [1.807, 2.05) is 30.3 Å². The highest BCUT2D eigenvalue weighted by Gasteiger charge is 2.13. The van der Waals surface area contributed by atoms with E-state index in [1.165, 1.54) is 15.9 Å². The van der Waals surface area contributed by atoms with Crippen LogP contribution in [0.1, 0.15) is 43.9 Å². The molecule has 0 spiro atoms. The zero-order valence-electron chi connectivity index (χ0n) is 16.3. The number of benzene rings is 1. The predicted octanol–water partition coefficient (Wildman–Crippen LogP) is 2.75. The van der Waals surface area contributed by atoms with Crippen LogP contribution >= 0.6 is 11.3 Å². The maximum absolute atomic E-state index is 12.8. The zero-order chi connectivity index (χ0) is 20.2. The monoisotopic (exact) mass is 409 g/mol. The van der Waals surface area contributed by atoms with E-state index in [4.69, 9.17) is 4.74 Å². The van der Waals surface area contributed by atoms with Crippen LogP contribution in [0, 0.1) is 5.92 Å². The van der Waals surface area contributed by atoms with Crippen LogP contribution in [0.3, 0.4) is 0 Å². The molecule has 1 atom stereocenters. The first kappa shape index (κ1) is 19.5. The Morgan fingerprint density at radius 2 is 2.07 bits per heavy atom. The smallest absolute Gasteiger partial charge is 0.296 e. The molecular formula is C22H23N3O3S. The minimum absolute atomic E-state index is 0.198. The van der Waals surface area contributed by atoms with Gasteiger partial charge >= 0.3 is 0 Å². The number of thiazole rings is 1. The molecule has 7 heteroatoms. The van der Waals surface area contributed by atoms with Crippen LogP contribution in [0.15, 0.2) is 46.0 Å². The van der Waals surface area contributed by atoms with Crippen LogP contribution in [0.4, 0.5) is 0 Å². The molecule has 0 radical (unpaired) electrons. The number of ether oxygens (including phenoxy) is 1. The van der Waals surface area contributed by atoms with Gasteiger partial charge in [0.15, 0.2) is 0 Å². The van der Waals surface area contributed by atoms with Crippen molar-refractivity contribution in [2.75, 3.05) is 6.61 Å². The highest BCUT2D eigenvalue weighted by atomic mass is 32.1. The Kier molecular flexibility index (Phi) is 5.85. The molecule has 3 aromatic rings. The van der Waals surface area contributed by atoms with Gasteiger partial charge in [0.1, 0.15) is 11.4 Å². The highest BCUT2D eigenvalue weighted by molar-refractivity contribution is 7.14. The van der Waals surface area contributed by atoms with Crippen LogP contribution < -0.4 is 20.4 Å². The highest BCUT2D eigenvalue weighted by Crippen LogP contribution is 2.19. The molecule has 0 fully saturated rings. The lowest BCUT2D eigenvalue weighted by molar-refractivity contribution is 0.317. The maximum Gasteiger partial charge on any atom is 0.296 e. The molecular weight excluding hydrogens is 386 g/mol. The van der Waals surface area contributed by atoms with Crippen molar-refractivity contribution >= 4 is 22.4 Å². The topological polar surface area (TPSA) is 73.6 Å². The molecule has 0 aliphatic heterocycles. The average molecular weight is 410 g/mol. The SMILES string of the molecule is CCCOc1ccc(Cc2nn3c(=O)c(=CC4CC=CCC4)sc3nc2=O)cc1. The first-order chi connectivity index (χ1) is 14.1. The summed E-state index contributed by atoms with van der Waals surface area (Å²) in [5.41, 5.74) is 0.608. The van der Waals surface area contributed by atoms with Gasteiger partial charge in [-0.15, -0.1) is 0 Å². The lowest BCUT2D eigenvalue weighted by Crippen LogP contribution is -2.28. The summed E-state index contributed by atoms with van der Waals surface area (Å²) in [5.74, 6) is 1.15. The second-order valence-corrected chi connectivity index (χ2v) is 8.22. The van der Waals surface area contributed by atoms with Crippen molar-refractivity contribution in [1.82, 2.24) is 14.6 Å². The number of allylic oxidation sites excluding steroid dienone is 2. The molecule has 29 heavy (non-hydrogen) atoms. The minimum Gasteiger partial charge on any atom is -0.494 e. The van der Waals surface area contributed by atoms with Crippen molar-refractivity contribution in [1.29, 1.82) is 0 Å². The number of nitrogens with zero attached hydrogens (tertiary/aromatic N) is 3. The summed E-state index contributed by atoms with van der Waals surface area (Å²) in [6.45, 7) is 2.73. The minimum atomic E-state index is -0.385. The van der Waals surface area contributed by atoms with Gasteiger partial charge < -0.3 is 4.74 Å². The summed E-state index contributed by atoms with van der Waals surface area (Å²) < 4.78 is 7.46. The van der Waals surface area contributed by atoms with E-state index in [-0.39, 0.29) is 16.8 Å². The fraction of sp³-hybridized carbons (Fsp3) is 0.364. The third kappa shape index (κ3) is 4.45. The van der Waals surface area contributed by atoms with Crippen LogP contribution in [-0.4, -0.2) is 21.2 Å². The lowest BCUT2D eigenvalue weighted by Gasteiger charge is -2.11. The summed E-state index contributed by atoms with van der Waals surface area (Å²) >= 11 is 1.24.